The number of aromatic nitrogens is 1. The van der Waals surface area contributed by atoms with Crippen LogP contribution in [-0.4, -0.2) is 28.0 Å². The standard InChI is InChI=1S/C10H12BrN3O3/c11-9-7(2-1-5-13-9)14-10(17)6(12)3-4-8(15)16/h1-2,5-6H,3-4,12H2,(H,14,17)(H,15,16). The van der Waals surface area contributed by atoms with Crippen LogP contribution < -0.4 is 11.1 Å². The van der Waals surface area contributed by atoms with Gasteiger partial charge in [0.15, 0.2) is 0 Å². The van der Waals surface area contributed by atoms with E-state index < -0.39 is 17.9 Å². The summed E-state index contributed by atoms with van der Waals surface area (Å²) in [7, 11) is 0. The van der Waals surface area contributed by atoms with Crippen molar-refractivity contribution in [2.45, 2.75) is 18.9 Å². The number of nitrogens with one attached hydrogen (secondary N) is 1. The molecule has 0 saturated heterocycles. The van der Waals surface area contributed by atoms with E-state index in [1.54, 1.807) is 18.3 Å². The van der Waals surface area contributed by atoms with Gasteiger partial charge in [-0.25, -0.2) is 4.98 Å². The number of carbonyl (C=O) groups excluding carboxylic acids is 1. The number of aliphatic carboxylic acids is 1. The molecule has 0 aliphatic rings. The molecule has 1 amide bonds. The molecule has 1 aromatic heterocycles. The van der Waals surface area contributed by atoms with Crippen molar-refractivity contribution in [3.63, 3.8) is 0 Å². The summed E-state index contributed by atoms with van der Waals surface area (Å²) in [5.74, 6) is -1.41. The number of rotatable bonds is 5. The van der Waals surface area contributed by atoms with Gasteiger partial charge in [-0.1, -0.05) is 0 Å². The highest BCUT2D eigenvalue weighted by molar-refractivity contribution is 9.10. The number of anilines is 1. The second-order valence-electron chi connectivity index (χ2n) is 3.37. The van der Waals surface area contributed by atoms with Gasteiger partial charge in [0.25, 0.3) is 0 Å². The van der Waals surface area contributed by atoms with Gasteiger partial charge in [-0.2, -0.15) is 0 Å². The average molecular weight is 302 g/mol. The number of pyridine rings is 1. The first kappa shape index (κ1) is 13.6. The molecule has 7 heteroatoms. The van der Waals surface area contributed by atoms with Crippen LogP contribution in [0.5, 0.6) is 0 Å². The number of nitrogens with two attached hydrogens (primary N) is 1. The maximum atomic E-state index is 11.6. The predicted octanol–water partition coefficient (Wildman–Crippen LogP) is 0.975. The lowest BCUT2D eigenvalue weighted by Gasteiger charge is -2.11. The Kier molecular flexibility index (Phi) is 5.05. The lowest BCUT2D eigenvalue weighted by atomic mass is 10.1. The fourth-order valence-corrected chi connectivity index (χ4v) is 1.46. The van der Waals surface area contributed by atoms with Gasteiger partial charge in [-0.05, 0) is 34.5 Å². The third-order valence-electron chi connectivity index (χ3n) is 2.02. The first-order valence-electron chi connectivity index (χ1n) is 4.89. The lowest BCUT2D eigenvalue weighted by Crippen LogP contribution is -2.36. The van der Waals surface area contributed by atoms with Gasteiger partial charge < -0.3 is 16.2 Å². The van der Waals surface area contributed by atoms with E-state index in [0.717, 1.165) is 0 Å². The summed E-state index contributed by atoms with van der Waals surface area (Å²) in [6.07, 6.45) is 1.53. The Bertz CT molecular complexity index is 425. The second-order valence-corrected chi connectivity index (χ2v) is 4.12. The van der Waals surface area contributed by atoms with Gasteiger partial charge >= 0.3 is 5.97 Å². The molecule has 92 valence electrons. The van der Waals surface area contributed by atoms with E-state index in [0.29, 0.717) is 10.3 Å². The molecule has 0 aliphatic heterocycles. The Morgan fingerprint density at radius 1 is 1.59 bits per heavy atom. The molecule has 4 N–H and O–H groups in total. The van der Waals surface area contributed by atoms with Crippen LogP contribution >= 0.6 is 15.9 Å². The van der Waals surface area contributed by atoms with E-state index in [1.807, 2.05) is 0 Å². The molecule has 0 aromatic carbocycles. The quantitative estimate of drug-likeness (QED) is 0.703. The summed E-state index contributed by atoms with van der Waals surface area (Å²) in [5.41, 5.74) is 6.06. The highest BCUT2D eigenvalue weighted by Gasteiger charge is 2.15. The number of carboxylic acid groups (broad SMARTS) is 1. The molecule has 0 saturated carbocycles. The number of hydrogen-bond donors (Lipinski definition) is 3. The van der Waals surface area contributed by atoms with Gasteiger partial charge in [-0.15, -0.1) is 0 Å². The van der Waals surface area contributed by atoms with E-state index in [9.17, 15) is 9.59 Å². The van der Waals surface area contributed by atoms with Crippen LogP contribution in [0.15, 0.2) is 22.9 Å². The van der Waals surface area contributed by atoms with Crippen molar-refractivity contribution in [2.75, 3.05) is 5.32 Å². The summed E-state index contributed by atoms with van der Waals surface area (Å²) in [5, 5.41) is 11.0. The largest absolute Gasteiger partial charge is 0.481 e. The van der Waals surface area contributed by atoms with Crippen molar-refractivity contribution in [3.05, 3.63) is 22.9 Å². The van der Waals surface area contributed by atoms with Gasteiger partial charge in [0.2, 0.25) is 5.91 Å². The molecule has 1 heterocycles. The highest BCUT2D eigenvalue weighted by atomic mass is 79.9. The Morgan fingerprint density at radius 3 is 2.88 bits per heavy atom. The normalized spacial score (nSPS) is 11.9. The first-order valence-corrected chi connectivity index (χ1v) is 5.68. The van der Waals surface area contributed by atoms with Crippen molar-refractivity contribution >= 4 is 33.5 Å². The fourth-order valence-electron chi connectivity index (χ4n) is 1.11. The minimum Gasteiger partial charge on any atom is -0.481 e. The van der Waals surface area contributed by atoms with Crippen molar-refractivity contribution in [1.82, 2.24) is 4.98 Å². The van der Waals surface area contributed by atoms with Crippen molar-refractivity contribution in [2.24, 2.45) is 5.73 Å². The maximum absolute atomic E-state index is 11.6. The minimum atomic E-state index is -0.976. The van der Waals surface area contributed by atoms with Crippen LogP contribution in [0.25, 0.3) is 0 Å². The fraction of sp³-hybridized carbons (Fsp3) is 0.300. The molecule has 6 nitrogen and oxygen atoms in total. The smallest absolute Gasteiger partial charge is 0.303 e. The SMILES string of the molecule is NC(CCC(=O)O)C(=O)Nc1cccnc1Br. The average Bonchev–Trinajstić information content (AvgIpc) is 2.28. The number of halogens is 1. The zero-order chi connectivity index (χ0) is 12.8. The summed E-state index contributed by atoms with van der Waals surface area (Å²) in [4.78, 5) is 25.9. The highest BCUT2D eigenvalue weighted by Crippen LogP contribution is 2.18. The molecule has 1 atom stereocenters. The summed E-state index contributed by atoms with van der Waals surface area (Å²) in [6, 6.07) is 2.49. The monoisotopic (exact) mass is 301 g/mol. The van der Waals surface area contributed by atoms with Crippen LogP contribution in [0, 0.1) is 0 Å². The molecule has 0 radical (unpaired) electrons. The minimum absolute atomic E-state index is 0.0963. The Hall–Kier alpha value is -1.47. The first-order chi connectivity index (χ1) is 8.00. The molecule has 1 unspecified atom stereocenters. The van der Waals surface area contributed by atoms with Crippen LogP contribution in [-0.2, 0) is 9.59 Å². The number of carboxylic acids is 1. The zero-order valence-corrected chi connectivity index (χ0v) is 10.5. The van der Waals surface area contributed by atoms with E-state index in [1.165, 1.54) is 0 Å². The van der Waals surface area contributed by atoms with E-state index in [2.05, 4.69) is 26.2 Å². The molecule has 0 fully saturated rings. The summed E-state index contributed by atoms with van der Waals surface area (Å²) < 4.78 is 0.499. The second kappa shape index (κ2) is 6.31. The number of carbonyl (C=O) groups is 2. The summed E-state index contributed by atoms with van der Waals surface area (Å²) in [6.45, 7) is 0. The third kappa shape index (κ3) is 4.49. The van der Waals surface area contributed by atoms with Gasteiger partial charge in [0.1, 0.15) is 4.60 Å². The molecule has 0 spiro atoms. The lowest BCUT2D eigenvalue weighted by molar-refractivity contribution is -0.137. The van der Waals surface area contributed by atoms with E-state index >= 15 is 0 Å². The van der Waals surface area contributed by atoms with E-state index in [4.69, 9.17) is 10.8 Å². The van der Waals surface area contributed by atoms with Crippen molar-refractivity contribution in [1.29, 1.82) is 0 Å². The Labute approximate surface area is 106 Å². The number of amides is 1. The summed E-state index contributed by atoms with van der Waals surface area (Å²) >= 11 is 3.18. The molecular weight excluding hydrogens is 290 g/mol. The van der Waals surface area contributed by atoms with E-state index in [-0.39, 0.29) is 12.8 Å². The topological polar surface area (TPSA) is 105 Å². The molecule has 1 aromatic rings. The molecule has 1 rings (SSSR count). The van der Waals surface area contributed by atoms with Crippen LogP contribution in [0.2, 0.25) is 0 Å². The zero-order valence-electron chi connectivity index (χ0n) is 8.89. The predicted molar refractivity (Wildman–Crippen MR) is 65.4 cm³/mol. The van der Waals surface area contributed by atoms with Crippen LogP contribution in [0.3, 0.4) is 0 Å². The van der Waals surface area contributed by atoms with Crippen molar-refractivity contribution < 1.29 is 14.7 Å². The van der Waals surface area contributed by atoms with Gasteiger partial charge in [-0.3, -0.25) is 9.59 Å². The Morgan fingerprint density at radius 2 is 2.29 bits per heavy atom. The van der Waals surface area contributed by atoms with Gasteiger partial charge in [0, 0.05) is 12.6 Å². The van der Waals surface area contributed by atoms with Gasteiger partial charge in [0.05, 0.1) is 11.7 Å². The molecular formula is C10H12BrN3O3. The molecule has 0 bridgehead atoms. The number of nitrogens with zero attached hydrogens (tertiary/aromatic N) is 1. The van der Waals surface area contributed by atoms with Crippen LogP contribution in [0.4, 0.5) is 5.69 Å². The Balaban J connectivity index is 2.54. The maximum Gasteiger partial charge on any atom is 0.303 e. The molecule has 17 heavy (non-hydrogen) atoms. The number of hydrogen-bond acceptors (Lipinski definition) is 4. The van der Waals surface area contributed by atoms with Crippen LogP contribution in [0.1, 0.15) is 12.8 Å². The van der Waals surface area contributed by atoms with Crippen molar-refractivity contribution in [3.8, 4) is 0 Å². The third-order valence-corrected chi connectivity index (χ3v) is 2.65. The molecule has 0 aliphatic carbocycles.